The Morgan fingerprint density at radius 2 is 2.05 bits per heavy atom. The summed E-state index contributed by atoms with van der Waals surface area (Å²) in [6.07, 6.45) is 0.975. The molecule has 0 spiro atoms. The highest BCUT2D eigenvalue weighted by atomic mass is 79.9. The standard InChI is InChI=1S/C16H16Br2OS/c1-9-6-13(20-15(9)18)14(17)10-4-5-12-11(7-10)8-16(2,3)19-12/h4-7,14H,8H2,1-3H3. The zero-order valence-electron chi connectivity index (χ0n) is 11.7. The van der Waals surface area contributed by atoms with E-state index in [9.17, 15) is 0 Å². The first kappa shape index (κ1) is 14.6. The number of aryl methyl sites for hydroxylation is 1. The Labute approximate surface area is 140 Å². The molecule has 2 heterocycles. The first-order valence-electron chi connectivity index (χ1n) is 6.57. The van der Waals surface area contributed by atoms with E-state index in [-0.39, 0.29) is 10.4 Å². The van der Waals surface area contributed by atoms with Crippen LogP contribution in [0.2, 0.25) is 0 Å². The lowest BCUT2D eigenvalue weighted by molar-refractivity contribution is 0.138. The van der Waals surface area contributed by atoms with E-state index >= 15 is 0 Å². The predicted octanol–water partition coefficient (Wildman–Crippen LogP) is 6.02. The van der Waals surface area contributed by atoms with Gasteiger partial charge in [-0.25, -0.2) is 0 Å². The summed E-state index contributed by atoms with van der Waals surface area (Å²) < 4.78 is 7.15. The summed E-state index contributed by atoms with van der Waals surface area (Å²) in [5.74, 6) is 1.03. The molecule has 0 N–H and O–H groups in total. The molecule has 1 unspecified atom stereocenters. The van der Waals surface area contributed by atoms with Crippen molar-refractivity contribution in [3.8, 4) is 5.75 Å². The van der Waals surface area contributed by atoms with Crippen LogP contribution in [-0.4, -0.2) is 5.60 Å². The van der Waals surface area contributed by atoms with Crippen molar-refractivity contribution in [1.82, 2.24) is 0 Å². The molecule has 2 aromatic rings. The van der Waals surface area contributed by atoms with E-state index < -0.39 is 0 Å². The second kappa shape index (κ2) is 5.15. The monoisotopic (exact) mass is 414 g/mol. The molecular formula is C16H16Br2OS. The average molecular weight is 416 g/mol. The molecule has 1 aromatic carbocycles. The number of hydrogen-bond acceptors (Lipinski definition) is 2. The number of halogens is 2. The second-order valence-electron chi connectivity index (χ2n) is 5.87. The molecule has 0 bridgehead atoms. The minimum Gasteiger partial charge on any atom is -0.487 e. The van der Waals surface area contributed by atoms with Crippen LogP contribution in [-0.2, 0) is 6.42 Å². The van der Waals surface area contributed by atoms with Crippen LogP contribution in [0.25, 0.3) is 0 Å². The molecule has 1 nitrogen and oxygen atoms in total. The largest absolute Gasteiger partial charge is 0.487 e. The van der Waals surface area contributed by atoms with Gasteiger partial charge in [0.1, 0.15) is 11.4 Å². The zero-order valence-corrected chi connectivity index (χ0v) is 15.7. The van der Waals surface area contributed by atoms with Gasteiger partial charge < -0.3 is 4.74 Å². The number of benzene rings is 1. The zero-order chi connectivity index (χ0) is 14.5. The van der Waals surface area contributed by atoms with Gasteiger partial charge in [0, 0.05) is 11.3 Å². The van der Waals surface area contributed by atoms with Gasteiger partial charge in [-0.1, -0.05) is 28.1 Å². The van der Waals surface area contributed by atoms with Crippen LogP contribution in [0.3, 0.4) is 0 Å². The van der Waals surface area contributed by atoms with E-state index in [0.717, 1.165) is 12.2 Å². The van der Waals surface area contributed by atoms with Crippen LogP contribution in [0, 0.1) is 6.92 Å². The average Bonchev–Trinajstić information content (AvgIpc) is 2.86. The molecule has 0 radical (unpaired) electrons. The molecule has 1 atom stereocenters. The molecule has 0 aliphatic carbocycles. The number of alkyl halides is 1. The van der Waals surface area contributed by atoms with Crippen LogP contribution in [0.1, 0.15) is 40.2 Å². The van der Waals surface area contributed by atoms with E-state index in [1.54, 1.807) is 11.3 Å². The highest BCUT2D eigenvalue weighted by molar-refractivity contribution is 9.11. The van der Waals surface area contributed by atoms with Crippen molar-refractivity contribution in [2.75, 3.05) is 0 Å². The summed E-state index contributed by atoms with van der Waals surface area (Å²) in [6, 6.07) is 8.76. The van der Waals surface area contributed by atoms with Gasteiger partial charge in [0.15, 0.2) is 0 Å². The lowest BCUT2D eigenvalue weighted by Crippen LogP contribution is -2.24. The van der Waals surface area contributed by atoms with Crippen molar-refractivity contribution < 1.29 is 4.74 Å². The molecule has 106 valence electrons. The second-order valence-corrected chi connectivity index (χ2v) is 9.19. The van der Waals surface area contributed by atoms with Gasteiger partial charge in [0.25, 0.3) is 0 Å². The molecule has 3 rings (SSSR count). The third-order valence-electron chi connectivity index (χ3n) is 3.51. The maximum Gasteiger partial charge on any atom is 0.123 e. The maximum absolute atomic E-state index is 5.94. The fourth-order valence-corrected chi connectivity index (χ4v) is 4.83. The third-order valence-corrected chi connectivity index (χ3v) is 7.03. The summed E-state index contributed by atoms with van der Waals surface area (Å²) in [7, 11) is 0. The Morgan fingerprint density at radius 1 is 1.30 bits per heavy atom. The van der Waals surface area contributed by atoms with Gasteiger partial charge in [-0.05, 0) is 65.5 Å². The lowest BCUT2D eigenvalue weighted by Gasteiger charge is -2.16. The predicted molar refractivity (Wildman–Crippen MR) is 92.4 cm³/mol. The van der Waals surface area contributed by atoms with Crippen molar-refractivity contribution in [3.05, 3.63) is 49.6 Å². The third kappa shape index (κ3) is 2.70. The fraction of sp³-hybridized carbons (Fsp3) is 0.375. The van der Waals surface area contributed by atoms with E-state index in [1.807, 2.05) is 0 Å². The summed E-state index contributed by atoms with van der Waals surface area (Å²) in [5, 5.41) is 0. The van der Waals surface area contributed by atoms with Gasteiger partial charge in [-0.2, -0.15) is 0 Å². The first-order chi connectivity index (χ1) is 9.35. The summed E-state index contributed by atoms with van der Waals surface area (Å²) in [5.41, 5.74) is 3.81. The van der Waals surface area contributed by atoms with Crippen molar-refractivity contribution in [2.24, 2.45) is 0 Å². The summed E-state index contributed by atoms with van der Waals surface area (Å²) >= 11 is 9.22. The van der Waals surface area contributed by atoms with Gasteiger partial charge in [-0.15, -0.1) is 11.3 Å². The Kier molecular flexibility index (Phi) is 3.76. The van der Waals surface area contributed by atoms with Crippen molar-refractivity contribution >= 4 is 43.2 Å². The highest BCUT2D eigenvalue weighted by Crippen LogP contribution is 2.42. The number of fused-ring (bicyclic) bond motifs is 1. The maximum atomic E-state index is 5.94. The van der Waals surface area contributed by atoms with E-state index in [1.165, 1.54) is 25.4 Å². The molecule has 0 amide bonds. The number of hydrogen-bond donors (Lipinski definition) is 0. The van der Waals surface area contributed by atoms with Gasteiger partial charge >= 0.3 is 0 Å². The Hall–Kier alpha value is -0.320. The van der Waals surface area contributed by atoms with Crippen molar-refractivity contribution in [3.63, 3.8) is 0 Å². The van der Waals surface area contributed by atoms with Gasteiger partial charge in [0.05, 0.1) is 8.61 Å². The van der Waals surface area contributed by atoms with Gasteiger partial charge in [0.2, 0.25) is 0 Å². The Bertz CT molecular complexity index is 641. The lowest BCUT2D eigenvalue weighted by atomic mass is 9.99. The van der Waals surface area contributed by atoms with Crippen LogP contribution in [0.5, 0.6) is 5.75 Å². The number of rotatable bonds is 2. The van der Waals surface area contributed by atoms with Gasteiger partial charge in [-0.3, -0.25) is 0 Å². The van der Waals surface area contributed by atoms with Crippen LogP contribution in [0.15, 0.2) is 28.1 Å². The van der Waals surface area contributed by atoms with E-state index in [4.69, 9.17) is 4.74 Å². The molecule has 1 aliphatic rings. The highest BCUT2D eigenvalue weighted by Gasteiger charge is 2.30. The molecular weight excluding hydrogens is 400 g/mol. The smallest absolute Gasteiger partial charge is 0.123 e. The number of thiophene rings is 1. The minimum atomic E-state index is -0.0781. The van der Waals surface area contributed by atoms with E-state index in [0.29, 0.717) is 0 Å². The molecule has 1 aromatic heterocycles. The Morgan fingerprint density at radius 3 is 2.70 bits per heavy atom. The van der Waals surface area contributed by atoms with Crippen LogP contribution >= 0.6 is 43.2 Å². The van der Waals surface area contributed by atoms with Crippen molar-refractivity contribution in [1.29, 1.82) is 0 Å². The van der Waals surface area contributed by atoms with Crippen molar-refractivity contribution in [2.45, 2.75) is 37.6 Å². The normalized spacial score (nSPS) is 17.6. The molecule has 20 heavy (non-hydrogen) atoms. The first-order valence-corrected chi connectivity index (χ1v) is 9.10. The minimum absolute atomic E-state index is 0.0781. The van der Waals surface area contributed by atoms with E-state index in [2.05, 4.69) is 76.9 Å². The molecule has 1 aliphatic heterocycles. The summed E-state index contributed by atoms with van der Waals surface area (Å²) in [6.45, 7) is 6.40. The summed E-state index contributed by atoms with van der Waals surface area (Å²) in [4.78, 5) is 1.57. The molecule has 0 saturated carbocycles. The van der Waals surface area contributed by atoms with Crippen LogP contribution in [0.4, 0.5) is 0 Å². The number of ether oxygens (including phenoxy) is 1. The fourth-order valence-electron chi connectivity index (χ4n) is 2.56. The quantitative estimate of drug-likeness (QED) is 0.545. The molecule has 4 heteroatoms. The topological polar surface area (TPSA) is 9.23 Å². The Balaban J connectivity index is 1.92. The molecule has 0 fully saturated rings. The molecule has 0 saturated heterocycles. The SMILES string of the molecule is Cc1cc(C(Br)c2ccc3c(c2)CC(C)(C)O3)sc1Br. The van der Waals surface area contributed by atoms with Crippen LogP contribution < -0.4 is 4.74 Å².